The van der Waals surface area contributed by atoms with Crippen molar-refractivity contribution >= 4 is 27.8 Å². The van der Waals surface area contributed by atoms with Crippen molar-refractivity contribution in [1.29, 1.82) is 0 Å². The van der Waals surface area contributed by atoms with Gasteiger partial charge in [-0.2, -0.15) is 0 Å². The second-order valence-corrected chi connectivity index (χ2v) is 5.12. The molecule has 1 aromatic carbocycles. The maximum absolute atomic E-state index is 12.1. The van der Waals surface area contributed by atoms with E-state index < -0.39 is 0 Å². The van der Waals surface area contributed by atoms with E-state index in [-0.39, 0.29) is 11.9 Å². The van der Waals surface area contributed by atoms with Crippen molar-refractivity contribution in [3.8, 4) is 0 Å². The summed E-state index contributed by atoms with van der Waals surface area (Å²) in [6.07, 6.45) is 1.54. The van der Waals surface area contributed by atoms with Gasteiger partial charge >= 0.3 is 0 Å². The number of benzene rings is 1. The highest BCUT2D eigenvalue weighted by molar-refractivity contribution is 9.10. The number of aryl methyl sites for hydroxylation is 2. The molecule has 0 aliphatic rings. The normalized spacial score (nSPS) is 10.3. The Kier molecular flexibility index (Phi) is 4.79. The number of nitrogens with zero attached hydrogens (tertiary/aromatic N) is 3. The van der Waals surface area contributed by atoms with E-state index in [2.05, 4.69) is 36.4 Å². The zero-order valence-corrected chi connectivity index (χ0v) is 12.9. The molecule has 2 rings (SSSR count). The molecule has 0 radical (unpaired) electrons. The number of nitrogens with one attached hydrogen (secondary N) is 1. The average molecular weight is 335 g/mol. The topological polar surface area (TPSA) is 67.8 Å². The Balaban J connectivity index is 2.19. The summed E-state index contributed by atoms with van der Waals surface area (Å²) in [6, 6.07) is 7.13. The van der Waals surface area contributed by atoms with Crippen LogP contribution < -0.4 is 5.32 Å². The lowest BCUT2D eigenvalue weighted by atomic mass is 10.2. The van der Waals surface area contributed by atoms with E-state index in [4.69, 9.17) is 0 Å². The Labute approximate surface area is 126 Å². The van der Waals surface area contributed by atoms with Gasteiger partial charge in [-0.1, -0.05) is 35.8 Å². The minimum Gasteiger partial charge on any atom is -0.289 e. The SMILES string of the molecule is CCc1nnc(NC(=O)c2cccc(Br)c2)nc1CC. The molecule has 0 unspecified atom stereocenters. The lowest BCUT2D eigenvalue weighted by Crippen LogP contribution is -2.16. The molecule has 0 aliphatic carbocycles. The predicted octanol–water partition coefficient (Wildman–Crippen LogP) is 3.01. The zero-order chi connectivity index (χ0) is 14.5. The molecule has 2 aromatic rings. The molecule has 0 fully saturated rings. The van der Waals surface area contributed by atoms with E-state index in [9.17, 15) is 4.79 Å². The first-order chi connectivity index (χ1) is 9.63. The summed E-state index contributed by atoms with van der Waals surface area (Å²) in [6.45, 7) is 4.01. The van der Waals surface area contributed by atoms with E-state index in [0.717, 1.165) is 28.7 Å². The van der Waals surface area contributed by atoms with Gasteiger partial charge in [0.05, 0.1) is 11.4 Å². The fourth-order valence-electron chi connectivity index (χ4n) is 1.79. The molecule has 1 amide bonds. The summed E-state index contributed by atoms with van der Waals surface area (Å²) < 4.78 is 0.847. The molecular weight excluding hydrogens is 320 g/mol. The van der Waals surface area contributed by atoms with Crippen molar-refractivity contribution in [2.24, 2.45) is 0 Å². The summed E-state index contributed by atoms with van der Waals surface area (Å²) in [5, 5.41) is 10.7. The maximum atomic E-state index is 12.1. The summed E-state index contributed by atoms with van der Waals surface area (Å²) in [5.74, 6) is -0.0107. The summed E-state index contributed by atoms with van der Waals surface area (Å²) in [4.78, 5) is 16.4. The lowest BCUT2D eigenvalue weighted by Gasteiger charge is -2.07. The summed E-state index contributed by atoms with van der Waals surface area (Å²) in [7, 11) is 0. The smallest absolute Gasteiger partial charge is 0.258 e. The number of carbonyl (C=O) groups excluding carboxylic acids is 1. The van der Waals surface area contributed by atoms with Crippen LogP contribution in [-0.2, 0) is 12.8 Å². The van der Waals surface area contributed by atoms with Crippen molar-refractivity contribution in [3.05, 3.63) is 45.7 Å². The van der Waals surface area contributed by atoms with E-state index in [0.29, 0.717) is 5.56 Å². The van der Waals surface area contributed by atoms with Crippen LogP contribution in [0.5, 0.6) is 0 Å². The minimum atomic E-state index is -0.251. The second kappa shape index (κ2) is 6.56. The monoisotopic (exact) mass is 334 g/mol. The number of hydrogen-bond donors (Lipinski definition) is 1. The first kappa shape index (κ1) is 14.6. The van der Waals surface area contributed by atoms with Crippen LogP contribution in [0.3, 0.4) is 0 Å². The van der Waals surface area contributed by atoms with Crippen LogP contribution in [0.4, 0.5) is 5.95 Å². The largest absolute Gasteiger partial charge is 0.289 e. The van der Waals surface area contributed by atoms with Gasteiger partial charge in [0.15, 0.2) is 0 Å². The molecular formula is C14H15BrN4O. The van der Waals surface area contributed by atoms with Crippen molar-refractivity contribution < 1.29 is 4.79 Å². The maximum Gasteiger partial charge on any atom is 0.258 e. The van der Waals surface area contributed by atoms with E-state index in [1.807, 2.05) is 19.9 Å². The van der Waals surface area contributed by atoms with Crippen LogP contribution in [0.25, 0.3) is 0 Å². The van der Waals surface area contributed by atoms with Gasteiger partial charge in [0.25, 0.3) is 5.91 Å². The quantitative estimate of drug-likeness (QED) is 0.933. The first-order valence-electron chi connectivity index (χ1n) is 6.43. The number of carbonyl (C=O) groups is 1. The average Bonchev–Trinajstić information content (AvgIpc) is 2.47. The molecule has 0 saturated heterocycles. The van der Waals surface area contributed by atoms with Crippen LogP contribution in [0.15, 0.2) is 28.7 Å². The van der Waals surface area contributed by atoms with Crippen molar-refractivity contribution in [2.75, 3.05) is 5.32 Å². The number of aromatic nitrogens is 3. The molecule has 104 valence electrons. The molecule has 6 heteroatoms. The number of hydrogen-bond acceptors (Lipinski definition) is 4. The molecule has 0 aliphatic heterocycles. The van der Waals surface area contributed by atoms with Crippen molar-refractivity contribution in [2.45, 2.75) is 26.7 Å². The molecule has 1 heterocycles. The van der Waals surface area contributed by atoms with Crippen molar-refractivity contribution in [1.82, 2.24) is 15.2 Å². The zero-order valence-electron chi connectivity index (χ0n) is 11.4. The van der Waals surface area contributed by atoms with Gasteiger partial charge in [-0.3, -0.25) is 10.1 Å². The molecule has 0 saturated carbocycles. The Morgan fingerprint density at radius 1 is 1.20 bits per heavy atom. The Morgan fingerprint density at radius 3 is 2.60 bits per heavy atom. The lowest BCUT2D eigenvalue weighted by molar-refractivity contribution is 0.102. The van der Waals surface area contributed by atoms with E-state index >= 15 is 0 Å². The first-order valence-corrected chi connectivity index (χ1v) is 7.22. The van der Waals surface area contributed by atoms with Crippen LogP contribution in [0.2, 0.25) is 0 Å². The Morgan fingerprint density at radius 2 is 1.95 bits per heavy atom. The third-order valence-electron chi connectivity index (χ3n) is 2.82. The standard InChI is InChI=1S/C14H15BrN4O/c1-3-11-12(4-2)18-19-14(16-11)17-13(20)9-6-5-7-10(15)8-9/h5-8H,3-4H2,1-2H3,(H,16,17,19,20). The fourth-order valence-corrected chi connectivity index (χ4v) is 2.19. The molecule has 5 nitrogen and oxygen atoms in total. The van der Waals surface area contributed by atoms with Gasteiger partial charge in [-0.15, -0.1) is 10.2 Å². The third kappa shape index (κ3) is 3.39. The van der Waals surface area contributed by atoms with Crippen LogP contribution in [-0.4, -0.2) is 21.1 Å². The van der Waals surface area contributed by atoms with E-state index in [1.54, 1.807) is 18.2 Å². The molecule has 0 atom stereocenters. The highest BCUT2D eigenvalue weighted by atomic mass is 79.9. The van der Waals surface area contributed by atoms with Crippen molar-refractivity contribution in [3.63, 3.8) is 0 Å². The minimum absolute atomic E-state index is 0.240. The fraction of sp³-hybridized carbons (Fsp3) is 0.286. The van der Waals surface area contributed by atoms with Crippen LogP contribution >= 0.6 is 15.9 Å². The van der Waals surface area contributed by atoms with Gasteiger partial charge in [0.2, 0.25) is 5.95 Å². The highest BCUT2D eigenvalue weighted by Gasteiger charge is 2.11. The van der Waals surface area contributed by atoms with Gasteiger partial charge in [-0.05, 0) is 31.0 Å². The Hall–Kier alpha value is -1.82. The number of amides is 1. The number of halogens is 1. The Bertz CT molecular complexity index is 630. The molecule has 1 aromatic heterocycles. The molecule has 0 spiro atoms. The molecule has 20 heavy (non-hydrogen) atoms. The van der Waals surface area contributed by atoms with Gasteiger partial charge in [0, 0.05) is 10.0 Å². The van der Waals surface area contributed by atoms with Gasteiger partial charge in [0.1, 0.15) is 0 Å². The summed E-state index contributed by atoms with van der Waals surface area (Å²) in [5.41, 5.74) is 2.28. The number of anilines is 1. The molecule has 1 N–H and O–H groups in total. The predicted molar refractivity (Wildman–Crippen MR) is 80.7 cm³/mol. The second-order valence-electron chi connectivity index (χ2n) is 4.20. The summed E-state index contributed by atoms with van der Waals surface area (Å²) >= 11 is 3.33. The third-order valence-corrected chi connectivity index (χ3v) is 3.31. The van der Waals surface area contributed by atoms with Gasteiger partial charge in [-0.25, -0.2) is 4.98 Å². The van der Waals surface area contributed by atoms with Gasteiger partial charge < -0.3 is 0 Å². The van der Waals surface area contributed by atoms with E-state index in [1.165, 1.54) is 0 Å². The number of rotatable bonds is 4. The van der Waals surface area contributed by atoms with Crippen LogP contribution in [0.1, 0.15) is 35.6 Å². The molecule has 0 bridgehead atoms. The van der Waals surface area contributed by atoms with Crippen LogP contribution in [0, 0.1) is 0 Å². The highest BCUT2D eigenvalue weighted by Crippen LogP contribution is 2.13.